The third-order valence-electron chi connectivity index (χ3n) is 6.18. The van der Waals surface area contributed by atoms with Gasteiger partial charge in [0.15, 0.2) is 5.78 Å². The second kappa shape index (κ2) is 7.80. The first kappa shape index (κ1) is 21.0. The van der Waals surface area contributed by atoms with Gasteiger partial charge in [-0.3, -0.25) is 14.3 Å². The van der Waals surface area contributed by atoms with E-state index in [-0.39, 0.29) is 29.4 Å². The van der Waals surface area contributed by atoms with E-state index in [1.807, 2.05) is 32.2 Å². The molecule has 5 heteroatoms. The number of Topliss-reactive ketones (excluding diaryl/α,β-unsaturated/α-hetero) is 1. The third-order valence-corrected chi connectivity index (χ3v) is 6.18. The molecule has 0 unspecified atom stereocenters. The summed E-state index contributed by atoms with van der Waals surface area (Å²) in [6, 6.07) is 16.8. The van der Waals surface area contributed by atoms with E-state index in [1.54, 1.807) is 16.8 Å². The first-order valence-electron chi connectivity index (χ1n) is 10.7. The molecule has 1 heterocycles. The van der Waals surface area contributed by atoms with Gasteiger partial charge < -0.3 is 5.32 Å². The predicted molar refractivity (Wildman–Crippen MR) is 121 cm³/mol. The summed E-state index contributed by atoms with van der Waals surface area (Å²) in [6.07, 6.45) is 0.267. The first-order chi connectivity index (χ1) is 14.7. The number of aromatic nitrogens is 2. The number of rotatable bonds is 3. The zero-order valence-electron chi connectivity index (χ0n) is 18.8. The van der Waals surface area contributed by atoms with Crippen LogP contribution in [-0.2, 0) is 23.7 Å². The molecule has 1 aromatic heterocycles. The van der Waals surface area contributed by atoms with E-state index in [0.717, 1.165) is 22.5 Å². The fraction of sp³-hybridized carbons (Fsp3) is 0.346. The van der Waals surface area contributed by atoms with Crippen molar-refractivity contribution < 1.29 is 9.59 Å². The normalized spacial score (nSPS) is 18.5. The van der Waals surface area contributed by atoms with Crippen LogP contribution in [-0.4, -0.2) is 27.5 Å². The molecule has 0 saturated heterocycles. The van der Waals surface area contributed by atoms with Gasteiger partial charge in [-0.25, -0.2) is 0 Å². The Bertz CT molecular complexity index is 1120. The Kier molecular flexibility index (Phi) is 5.29. The summed E-state index contributed by atoms with van der Waals surface area (Å²) < 4.78 is 1.80. The number of hydrogen-bond acceptors (Lipinski definition) is 3. The van der Waals surface area contributed by atoms with Crippen LogP contribution in [0.5, 0.6) is 0 Å². The molecular formula is C26H29N3O2. The molecule has 4 rings (SSSR count). The number of nitrogens with one attached hydrogen (secondary N) is 1. The summed E-state index contributed by atoms with van der Waals surface area (Å²) in [5, 5.41) is 7.61. The van der Waals surface area contributed by atoms with Crippen molar-refractivity contribution in [2.45, 2.75) is 51.5 Å². The maximum absolute atomic E-state index is 13.2. The van der Waals surface area contributed by atoms with E-state index in [4.69, 9.17) is 0 Å². The van der Waals surface area contributed by atoms with E-state index in [1.165, 1.54) is 5.56 Å². The minimum Gasteiger partial charge on any atom is -0.341 e. The van der Waals surface area contributed by atoms with Gasteiger partial charge in [0.05, 0.1) is 18.2 Å². The molecule has 1 amide bonds. The van der Waals surface area contributed by atoms with Crippen LogP contribution in [0.1, 0.15) is 65.1 Å². The molecule has 31 heavy (non-hydrogen) atoms. The van der Waals surface area contributed by atoms with Crippen LogP contribution in [0.2, 0.25) is 0 Å². The number of hydrogen-bond donors (Lipinski definition) is 1. The number of benzene rings is 2. The minimum absolute atomic E-state index is 0.00433. The monoisotopic (exact) mass is 415 g/mol. The van der Waals surface area contributed by atoms with Crippen molar-refractivity contribution in [3.8, 4) is 0 Å². The van der Waals surface area contributed by atoms with Crippen LogP contribution < -0.4 is 5.32 Å². The molecule has 1 aliphatic rings. The number of aryl methyl sites for hydroxylation is 2. The fourth-order valence-corrected chi connectivity index (χ4v) is 4.49. The number of carbonyl (C=O) groups excluding carboxylic acids is 2. The van der Waals surface area contributed by atoms with Crippen LogP contribution in [0.3, 0.4) is 0 Å². The average molecular weight is 416 g/mol. The first-order valence-corrected chi connectivity index (χ1v) is 10.7. The van der Waals surface area contributed by atoms with Crippen LogP contribution >= 0.6 is 0 Å². The van der Waals surface area contributed by atoms with E-state index in [0.29, 0.717) is 5.56 Å². The number of carbonyl (C=O) groups is 2. The Hall–Kier alpha value is -3.21. The second-order valence-corrected chi connectivity index (χ2v) is 9.38. The Balaban J connectivity index is 1.78. The Morgan fingerprint density at radius 2 is 1.71 bits per heavy atom. The van der Waals surface area contributed by atoms with Gasteiger partial charge in [0.25, 0.3) is 5.91 Å². The molecule has 0 aliphatic heterocycles. The molecule has 5 nitrogen and oxygen atoms in total. The molecule has 0 spiro atoms. The molecule has 0 bridgehead atoms. The summed E-state index contributed by atoms with van der Waals surface area (Å²) in [4.78, 5) is 26.2. The lowest BCUT2D eigenvalue weighted by Crippen LogP contribution is -2.48. The highest BCUT2D eigenvalue weighted by Crippen LogP contribution is 2.38. The van der Waals surface area contributed by atoms with Crippen LogP contribution in [0.15, 0.2) is 54.6 Å². The van der Waals surface area contributed by atoms with E-state index >= 15 is 0 Å². The molecule has 160 valence electrons. The fourth-order valence-electron chi connectivity index (χ4n) is 4.49. The van der Waals surface area contributed by atoms with Gasteiger partial charge in [0.2, 0.25) is 0 Å². The standard InChI is InChI=1S/C26H29N3O2/c1-16-22-20(29(5)28-16)15-21(30)24(27-25(31)18-9-7-6-8-10-18)23(22)17-11-13-19(14-12-17)26(2,3)4/h6-14,23-24H,15H2,1-5H3,(H,27,31)/t23-,24-/m1/s1. The molecule has 0 fully saturated rings. The van der Waals surface area contributed by atoms with Gasteiger partial charge in [0, 0.05) is 29.8 Å². The lowest BCUT2D eigenvalue weighted by molar-refractivity contribution is -0.121. The zero-order valence-corrected chi connectivity index (χ0v) is 18.8. The number of nitrogens with zero attached hydrogens (tertiary/aromatic N) is 2. The number of ketones is 1. The highest BCUT2D eigenvalue weighted by Gasteiger charge is 2.41. The quantitative estimate of drug-likeness (QED) is 0.701. The topological polar surface area (TPSA) is 64.0 Å². The lowest BCUT2D eigenvalue weighted by atomic mass is 9.75. The smallest absolute Gasteiger partial charge is 0.251 e. The predicted octanol–water partition coefficient (Wildman–Crippen LogP) is 4.08. The average Bonchev–Trinajstić information content (AvgIpc) is 3.01. The molecule has 3 aromatic rings. The second-order valence-electron chi connectivity index (χ2n) is 9.38. The van der Waals surface area contributed by atoms with Gasteiger partial charge >= 0.3 is 0 Å². The largest absolute Gasteiger partial charge is 0.341 e. The maximum Gasteiger partial charge on any atom is 0.251 e. The van der Waals surface area contributed by atoms with Crippen molar-refractivity contribution in [2.75, 3.05) is 0 Å². The summed E-state index contributed by atoms with van der Waals surface area (Å²) in [7, 11) is 1.88. The Labute approximate surface area is 183 Å². The highest BCUT2D eigenvalue weighted by atomic mass is 16.2. The summed E-state index contributed by atoms with van der Waals surface area (Å²) in [6.45, 7) is 8.51. The maximum atomic E-state index is 13.2. The van der Waals surface area contributed by atoms with E-state index < -0.39 is 6.04 Å². The van der Waals surface area contributed by atoms with Crippen molar-refractivity contribution in [1.82, 2.24) is 15.1 Å². The Morgan fingerprint density at radius 3 is 2.32 bits per heavy atom. The molecule has 2 aromatic carbocycles. The molecule has 0 saturated carbocycles. The molecule has 1 N–H and O–H groups in total. The van der Waals surface area contributed by atoms with Crippen LogP contribution in [0.4, 0.5) is 0 Å². The van der Waals surface area contributed by atoms with E-state index in [9.17, 15) is 9.59 Å². The van der Waals surface area contributed by atoms with Gasteiger partial charge in [-0.05, 0) is 35.6 Å². The van der Waals surface area contributed by atoms with Crippen LogP contribution in [0.25, 0.3) is 0 Å². The SMILES string of the molecule is Cc1nn(C)c2c1[C@@H](c1ccc(C(C)(C)C)cc1)[C@H](NC(=O)c1ccccc1)C(=O)C2. The molecule has 2 atom stereocenters. The van der Waals surface area contributed by atoms with Crippen molar-refractivity contribution in [1.29, 1.82) is 0 Å². The molecule has 0 radical (unpaired) electrons. The van der Waals surface area contributed by atoms with Gasteiger partial charge in [-0.1, -0.05) is 63.2 Å². The minimum atomic E-state index is -0.636. The van der Waals surface area contributed by atoms with Gasteiger partial charge in [-0.15, -0.1) is 0 Å². The Morgan fingerprint density at radius 1 is 1.06 bits per heavy atom. The van der Waals surface area contributed by atoms with Crippen LogP contribution in [0, 0.1) is 6.92 Å². The van der Waals surface area contributed by atoms with Crippen molar-refractivity contribution >= 4 is 11.7 Å². The summed E-state index contributed by atoms with van der Waals surface area (Å²) in [5.74, 6) is -0.503. The summed E-state index contributed by atoms with van der Waals surface area (Å²) in [5.41, 5.74) is 5.70. The number of amides is 1. The molecular weight excluding hydrogens is 386 g/mol. The lowest BCUT2D eigenvalue weighted by Gasteiger charge is -2.32. The summed E-state index contributed by atoms with van der Waals surface area (Å²) >= 11 is 0. The van der Waals surface area contributed by atoms with Gasteiger partial charge in [0.1, 0.15) is 0 Å². The third kappa shape index (κ3) is 3.92. The van der Waals surface area contributed by atoms with Crippen molar-refractivity contribution in [3.05, 3.63) is 88.2 Å². The van der Waals surface area contributed by atoms with Crippen molar-refractivity contribution in [2.24, 2.45) is 7.05 Å². The van der Waals surface area contributed by atoms with Gasteiger partial charge in [-0.2, -0.15) is 5.10 Å². The van der Waals surface area contributed by atoms with E-state index in [2.05, 4.69) is 55.5 Å². The zero-order chi connectivity index (χ0) is 22.3. The number of fused-ring (bicyclic) bond motifs is 1. The van der Waals surface area contributed by atoms with Crippen molar-refractivity contribution in [3.63, 3.8) is 0 Å². The highest BCUT2D eigenvalue weighted by molar-refractivity contribution is 5.99. The molecule has 1 aliphatic carbocycles.